The Kier molecular flexibility index (Phi) is 13.3. The minimum Gasteiger partial charge on any atom is -0.491 e. The number of nitrogen functional groups attached to an aromatic ring is 1. The average molecular weight is 753 g/mol. The third kappa shape index (κ3) is 10.8. The van der Waals surface area contributed by atoms with Gasteiger partial charge in [0.25, 0.3) is 0 Å². The fourth-order valence-electron chi connectivity index (χ4n) is 4.66. The molecule has 0 spiro atoms. The van der Waals surface area contributed by atoms with Crippen LogP contribution in [0.2, 0.25) is 0 Å². The number of halogens is 7. The number of carbonyl (C=O) groups excluding carboxylic acids is 1. The molecule has 19 heteroatoms. The molecule has 1 atom stereocenters. The molecule has 3 aromatic carbocycles. The number of anilines is 2. The Morgan fingerprint density at radius 1 is 0.925 bits per heavy atom. The number of imidazole rings is 1. The van der Waals surface area contributed by atoms with Crippen LogP contribution in [0, 0.1) is 5.82 Å². The van der Waals surface area contributed by atoms with Crippen LogP contribution in [0.25, 0.3) is 22.0 Å². The number of aromatic amines is 1. The number of rotatable bonds is 9. The number of carbonyl (C=O) groups is 3. The molecule has 0 saturated carbocycles. The van der Waals surface area contributed by atoms with Gasteiger partial charge in [-0.05, 0) is 60.7 Å². The minimum absolute atomic E-state index is 0.182. The van der Waals surface area contributed by atoms with Crippen molar-refractivity contribution >= 4 is 40.1 Å². The van der Waals surface area contributed by atoms with E-state index in [2.05, 4.69) is 20.3 Å². The number of alkyl halides is 6. The standard InChI is InChI=1S/C30H29FN6O2.2C2HF3O2/c1-3-17-13-23(26(31)25(14-17)39-4-2)27(36-19-9-10-20-18(15-19)11-12-34-28(20)32)30-35-16-24(37-30)21-7-5-6-8-22(21)29(33)38;2*3-2(4,5)1(6)7/h5-16,27,36H,3-4H2,1-2H3,(H2,32,34)(H2,33,38)(H,35,37);2*(H,6,7)/t27-;;/m1../s1. The van der Waals surface area contributed by atoms with Gasteiger partial charge in [0.1, 0.15) is 17.7 Å². The van der Waals surface area contributed by atoms with Crippen LogP contribution in [-0.4, -0.2) is 62.0 Å². The van der Waals surface area contributed by atoms with Gasteiger partial charge in [-0.25, -0.2) is 23.9 Å². The van der Waals surface area contributed by atoms with Crippen molar-refractivity contribution in [2.45, 2.75) is 38.7 Å². The Balaban J connectivity index is 0.000000458. The smallest absolute Gasteiger partial charge is 0.490 e. The number of fused-ring (bicyclic) bond motifs is 1. The maximum Gasteiger partial charge on any atom is 0.490 e. The van der Waals surface area contributed by atoms with Crippen molar-refractivity contribution in [3.8, 4) is 17.0 Å². The summed E-state index contributed by atoms with van der Waals surface area (Å²) in [6.45, 7) is 4.15. The van der Waals surface area contributed by atoms with Crippen LogP contribution < -0.4 is 21.5 Å². The summed E-state index contributed by atoms with van der Waals surface area (Å²) in [5, 5.41) is 19.4. The molecule has 0 aliphatic heterocycles. The molecule has 2 aromatic heterocycles. The number of aryl methyl sites for hydroxylation is 1. The first-order valence-corrected chi connectivity index (χ1v) is 15.2. The number of carboxylic acids is 2. The van der Waals surface area contributed by atoms with Crippen molar-refractivity contribution in [1.82, 2.24) is 15.0 Å². The molecule has 0 bridgehead atoms. The monoisotopic (exact) mass is 752 g/mol. The molecule has 5 aromatic rings. The lowest BCUT2D eigenvalue weighted by Crippen LogP contribution is -2.21. The number of nitrogens with two attached hydrogens (primary N) is 2. The topological polar surface area (TPSA) is 207 Å². The molecule has 53 heavy (non-hydrogen) atoms. The van der Waals surface area contributed by atoms with Crippen molar-refractivity contribution in [1.29, 1.82) is 0 Å². The number of ether oxygens (including phenoxy) is 1. The molecule has 0 aliphatic carbocycles. The number of hydrogen-bond donors (Lipinski definition) is 6. The zero-order chi connectivity index (χ0) is 39.7. The molecule has 12 nitrogen and oxygen atoms in total. The number of hydrogen-bond acceptors (Lipinski definition) is 8. The Bertz CT molecular complexity index is 2060. The van der Waals surface area contributed by atoms with Gasteiger partial charge < -0.3 is 36.7 Å². The lowest BCUT2D eigenvalue weighted by atomic mass is 9.99. The summed E-state index contributed by atoms with van der Waals surface area (Å²) < 4.78 is 85.0. The average Bonchev–Trinajstić information content (AvgIpc) is 3.58. The Labute approximate surface area is 295 Å². The molecule has 0 saturated heterocycles. The number of nitrogens with zero attached hydrogens (tertiary/aromatic N) is 2. The predicted molar refractivity (Wildman–Crippen MR) is 178 cm³/mol. The SMILES string of the molecule is CCOc1cc(CC)cc([C@@H](Nc2ccc3c(N)nccc3c2)c2ncc(-c3ccccc3C(N)=O)[nH]2)c1F.O=C(O)C(F)(F)F.O=C(O)C(F)(F)F. The van der Waals surface area contributed by atoms with Gasteiger partial charge in [-0.2, -0.15) is 26.3 Å². The molecule has 1 amide bonds. The van der Waals surface area contributed by atoms with Gasteiger partial charge in [-0.1, -0.05) is 31.2 Å². The highest BCUT2D eigenvalue weighted by Gasteiger charge is 2.39. The van der Waals surface area contributed by atoms with Gasteiger partial charge in [-0.3, -0.25) is 4.79 Å². The normalized spacial score (nSPS) is 11.7. The van der Waals surface area contributed by atoms with E-state index in [9.17, 15) is 31.1 Å². The lowest BCUT2D eigenvalue weighted by Gasteiger charge is -2.22. The summed E-state index contributed by atoms with van der Waals surface area (Å²) in [7, 11) is 0. The number of primary amides is 1. The highest BCUT2D eigenvalue weighted by molar-refractivity contribution is 5.99. The number of amides is 1. The van der Waals surface area contributed by atoms with Gasteiger partial charge in [0.15, 0.2) is 11.6 Å². The first kappa shape index (κ1) is 41.0. The zero-order valence-electron chi connectivity index (χ0n) is 27.6. The van der Waals surface area contributed by atoms with Gasteiger partial charge >= 0.3 is 24.3 Å². The summed E-state index contributed by atoms with van der Waals surface area (Å²) in [4.78, 5) is 41.9. The van der Waals surface area contributed by atoms with E-state index in [0.717, 1.165) is 22.0 Å². The van der Waals surface area contributed by atoms with E-state index in [0.29, 0.717) is 47.1 Å². The summed E-state index contributed by atoms with van der Waals surface area (Å²) in [5.41, 5.74) is 15.2. The van der Waals surface area contributed by atoms with Crippen LogP contribution in [0.3, 0.4) is 0 Å². The minimum atomic E-state index is -5.08. The molecule has 0 fully saturated rings. The fraction of sp³-hybridized carbons (Fsp3) is 0.206. The van der Waals surface area contributed by atoms with E-state index < -0.39 is 42.1 Å². The molecule has 5 rings (SSSR count). The second-order valence-corrected chi connectivity index (χ2v) is 10.7. The quantitative estimate of drug-likeness (QED) is 0.0861. The Hall–Kier alpha value is -6.40. The first-order valence-electron chi connectivity index (χ1n) is 15.2. The number of nitrogens with one attached hydrogen (secondary N) is 2. The summed E-state index contributed by atoms with van der Waals surface area (Å²) in [6, 6.07) is 17.3. The number of carboxylic acid groups (broad SMARTS) is 2. The summed E-state index contributed by atoms with van der Waals surface area (Å²) in [6.07, 6.45) is -6.21. The van der Waals surface area contributed by atoms with Crippen molar-refractivity contribution in [3.05, 3.63) is 101 Å². The van der Waals surface area contributed by atoms with E-state index in [4.69, 9.17) is 36.0 Å². The van der Waals surface area contributed by atoms with Gasteiger partial charge in [0.2, 0.25) is 5.91 Å². The summed E-state index contributed by atoms with van der Waals surface area (Å²) >= 11 is 0. The van der Waals surface area contributed by atoms with Gasteiger partial charge in [0.05, 0.1) is 18.5 Å². The second kappa shape index (κ2) is 17.2. The van der Waals surface area contributed by atoms with Gasteiger partial charge in [0, 0.05) is 34.0 Å². The van der Waals surface area contributed by atoms with E-state index >= 15 is 4.39 Å². The Morgan fingerprint density at radius 2 is 1.55 bits per heavy atom. The molecule has 0 radical (unpaired) electrons. The molecule has 8 N–H and O–H groups in total. The Morgan fingerprint density at radius 3 is 2.11 bits per heavy atom. The van der Waals surface area contributed by atoms with Crippen LogP contribution in [-0.2, 0) is 16.0 Å². The van der Waals surface area contributed by atoms with Crippen LogP contribution >= 0.6 is 0 Å². The molecule has 282 valence electrons. The lowest BCUT2D eigenvalue weighted by molar-refractivity contribution is -0.193. The molecular weight excluding hydrogens is 721 g/mol. The number of aromatic nitrogens is 3. The molecule has 0 aliphatic rings. The van der Waals surface area contributed by atoms with Crippen molar-refractivity contribution in [3.63, 3.8) is 0 Å². The third-order valence-corrected chi connectivity index (χ3v) is 7.09. The maximum absolute atomic E-state index is 15.9. The van der Waals surface area contributed by atoms with Gasteiger partial charge in [-0.15, -0.1) is 0 Å². The summed E-state index contributed by atoms with van der Waals surface area (Å²) in [5.74, 6) is -5.47. The molecule has 2 heterocycles. The first-order chi connectivity index (χ1) is 24.8. The van der Waals surface area contributed by atoms with Crippen LogP contribution in [0.1, 0.15) is 47.2 Å². The number of H-pyrrole nitrogens is 1. The third-order valence-electron chi connectivity index (χ3n) is 7.09. The van der Waals surface area contributed by atoms with E-state index in [1.54, 1.807) is 36.7 Å². The van der Waals surface area contributed by atoms with E-state index in [1.807, 2.05) is 50.2 Å². The van der Waals surface area contributed by atoms with Crippen LogP contribution in [0.15, 0.2) is 73.1 Å². The second-order valence-electron chi connectivity index (χ2n) is 10.7. The number of benzene rings is 3. The number of pyridine rings is 1. The fourth-order valence-corrected chi connectivity index (χ4v) is 4.66. The van der Waals surface area contributed by atoms with Crippen LogP contribution in [0.4, 0.5) is 42.2 Å². The van der Waals surface area contributed by atoms with E-state index in [1.165, 1.54) is 0 Å². The highest BCUT2D eigenvalue weighted by atomic mass is 19.4. The largest absolute Gasteiger partial charge is 0.491 e. The predicted octanol–water partition coefficient (Wildman–Crippen LogP) is 6.87. The highest BCUT2D eigenvalue weighted by Crippen LogP contribution is 2.35. The zero-order valence-corrected chi connectivity index (χ0v) is 27.6. The molecular formula is C34H31F7N6O6. The van der Waals surface area contributed by atoms with Crippen molar-refractivity contribution in [2.24, 2.45) is 5.73 Å². The number of aliphatic carboxylic acids is 2. The maximum atomic E-state index is 15.9. The molecule has 0 unspecified atom stereocenters. The van der Waals surface area contributed by atoms with Crippen molar-refractivity contribution < 1.29 is 60.1 Å². The van der Waals surface area contributed by atoms with Crippen LogP contribution in [0.5, 0.6) is 5.75 Å². The van der Waals surface area contributed by atoms with Crippen molar-refractivity contribution in [2.75, 3.05) is 17.7 Å². The van der Waals surface area contributed by atoms with E-state index in [-0.39, 0.29) is 5.75 Å².